The fourth-order valence-corrected chi connectivity index (χ4v) is 1.91. The van der Waals surface area contributed by atoms with E-state index < -0.39 is 0 Å². The van der Waals surface area contributed by atoms with Gasteiger partial charge < -0.3 is 10.2 Å². The highest BCUT2D eigenvalue weighted by Gasteiger charge is 2.16. The monoisotopic (exact) mass is 218 g/mol. The highest BCUT2D eigenvalue weighted by atomic mass is 15.0. The fourth-order valence-electron chi connectivity index (χ4n) is 1.91. The van der Waals surface area contributed by atoms with Crippen LogP contribution in [-0.4, -0.2) is 31.6 Å². The van der Waals surface area contributed by atoms with E-state index in [0.717, 1.165) is 19.0 Å². The van der Waals surface area contributed by atoms with Crippen molar-refractivity contribution in [1.82, 2.24) is 4.90 Å². The van der Waals surface area contributed by atoms with Crippen molar-refractivity contribution < 1.29 is 0 Å². The molecule has 2 rings (SSSR count). The van der Waals surface area contributed by atoms with Crippen molar-refractivity contribution in [3.05, 3.63) is 29.8 Å². The van der Waals surface area contributed by atoms with Gasteiger partial charge in [0.05, 0.1) is 0 Å². The van der Waals surface area contributed by atoms with Crippen molar-refractivity contribution in [2.75, 3.05) is 26.0 Å². The lowest BCUT2D eigenvalue weighted by Gasteiger charge is -2.27. The zero-order valence-corrected chi connectivity index (χ0v) is 10.4. The molecule has 1 aromatic carbocycles. The van der Waals surface area contributed by atoms with Crippen LogP contribution < -0.4 is 5.32 Å². The molecule has 2 heteroatoms. The molecule has 0 amide bonds. The van der Waals surface area contributed by atoms with Gasteiger partial charge in [-0.3, -0.25) is 0 Å². The minimum atomic E-state index is 0.729. The van der Waals surface area contributed by atoms with Gasteiger partial charge in [-0.25, -0.2) is 0 Å². The second kappa shape index (κ2) is 5.35. The maximum atomic E-state index is 3.56. The molecule has 0 saturated heterocycles. The molecular weight excluding hydrogens is 196 g/mol. The van der Waals surface area contributed by atoms with Crippen molar-refractivity contribution in [1.29, 1.82) is 0 Å². The Morgan fingerprint density at radius 3 is 2.38 bits per heavy atom. The smallest absolute Gasteiger partial charge is 0.0342 e. The summed E-state index contributed by atoms with van der Waals surface area (Å²) in [6.45, 7) is 1.12. The van der Waals surface area contributed by atoms with Crippen molar-refractivity contribution >= 4 is 5.69 Å². The van der Waals surface area contributed by atoms with Gasteiger partial charge in [0.25, 0.3) is 0 Å². The van der Waals surface area contributed by atoms with Gasteiger partial charge >= 0.3 is 0 Å². The molecule has 16 heavy (non-hydrogen) atoms. The van der Waals surface area contributed by atoms with Crippen LogP contribution in [-0.2, 0) is 6.42 Å². The van der Waals surface area contributed by atoms with Gasteiger partial charge in [0, 0.05) is 18.3 Å². The van der Waals surface area contributed by atoms with Gasteiger partial charge in [0.2, 0.25) is 0 Å². The van der Waals surface area contributed by atoms with Gasteiger partial charge in [-0.15, -0.1) is 0 Å². The molecule has 0 atom stereocenters. The topological polar surface area (TPSA) is 15.3 Å². The number of nitrogens with zero attached hydrogens (tertiary/aromatic N) is 1. The van der Waals surface area contributed by atoms with E-state index in [1.165, 1.54) is 30.5 Å². The maximum Gasteiger partial charge on any atom is 0.0342 e. The van der Waals surface area contributed by atoms with E-state index >= 15 is 0 Å². The number of anilines is 1. The average molecular weight is 218 g/mol. The summed E-state index contributed by atoms with van der Waals surface area (Å²) in [5.74, 6) is 0. The van der Waals surface area contributed by atoms with E-state index in [1.54, 1.807) is 0 Å². The van der Waals surface area contributed by atoms with Crippen molar-refractivity contribution in [2.45, 2.75) is 31.7 Å². The molecule has 88 valence electrons. The molecule has 1 aliphatic carbocycles. The van der Waals surface area contributed by atoms with Crippen LogP contribution in [0.25, 0.3) is 0 Å². The van der Waals surface area contributed by atoms with E-state index in [0.29, 0.717) is 0 Å². The lowest BCUT2D eigenvalue weighted by molar-refractivity contribution is 0.413. The van der Waals surface area contributed by atoms with Crippen LogP contribution in [0.15, 0.2) is 24.3 Å². The third kappa shape index (κ3) is 3.24. The summed E-state index contributed by atoms with van der Waals surface area (Å²) in [6, 6.07) is 9.63. The third-order valence-electron chi connectivity index (χ3n) is 3.28. The molecule has 1 aromatic rings. The van der Waals surface area contributed by atoms with Crippen LogP contribution in [0.4, 0.5) is 5.69 Å². The normalized spacial score (nSPS) is 16.2. The summed E-state index contributed by atoms with van der Waals surface area (Å²) < 4.78 is 0. The van der Waals surface area contributed by atoms with Crippen LogP contribution in [0.2, 0.25) is 0 Å². The SMILES string of the molecule is CN(C)CCc1ccc(NC2CCC2)cc1. The Morgan fingerprint density at radius 1 is 1.19 bits per heavy atom. The predicted octanol–water partition coefficient (Wildman–Crippen LogP) is 2.76. The summed E-state index contributed by atoms with van der Waals surface area (Å²) in [4.78, 5) is 2.22. The van der Waals surface area contributed by atoms with Crippen LogP contribution in [0, 0.1) is 0 Å². The number of hydrogen-bond donors (Lipinski definition) is 1. The molecule has 0 heterocycles. The average Bonchev–Trinajstić information content (AvgIpc) is 2.22. The summed E-state index contributed by atoms with van der Waals surface area (Å²) in [7, 11) is 4.24. The minimum absolute atomic E-state index is 0.729. The number of nitrogens with one attached hydrogen (secondary N) is 1. The quantitative estimate of drug-likeness (QED) is 0.817. The Labute approximate surface area is 98.7 Å². The van der Waals surface area contributed by atoms with Gasteiger partial charge in [-0.05, 0) is 57.5 Å². The van der Waals surface area contributed by atoms with Crippen LogP contribution in [0.3, 0.4) is 0 Å². The molecule has 0 aliphatic heterocycles. The van der Waals surface area contributed by atoms with E-state index in [4.69, 9.17) is 0 Å². The highest BCUT2D eigenvalue weighted by molar-refractivity contribution is 5.45. The Balaban J connectivity index is 1.83. The van der Waals surface area contributed by atoms with E-state index in [9.17, 15) is 0 Å². The molecule has 2 nitrogen and oxygen atoms in total. The first-order valence-corrected chi connectivity index (χ1v) is 6.24. The summed E-state index contributed by atoms with van der Waals surface area (Å²) >= 11 is 0. The predicted molar refractivity (Wildman–Crippen MR) is 70.0 cm³/mol. The standard InChI is InChI=1S/C14H22N2/c1-16(2)11-10-12-6-8-14(9-7-12)15-13-4-3-5-13/h6-9,13,15H,3-5,10-11H2,1-2H3. The first kappa shape index (κ1) is 11.5. The van der Waals surface area contributed by atoms with E-state index in [-0.39, 0.29) is 0 Å². The van der Waals surface area contributed by atoms with Crippen LogP contribution in [0.1, 0.15) is 24.8 Å². The molecule has 0 unspecified atom stereocenters. The molecular formula is C14H22N2. The number of benzene rings is 1. The zero-order chi connectivity index (χ0) is 11.4. The van der Waals surface area contributed by atoms with Crippen molar-refractivity contribution in [3.63, 3.8) is 0 Å². The summed E-state index contributed by atoms with van der Waals surface area (Å²) in [6.07, 6.45) is 5.19. The second-order valence-electron chi connectivity index (χ2n) is 5.02. The van der Waals surface area contributed by atoms with Gasteiger partial charge in [-0.2, -0.15) is 0 Å². The Hall–Kier alpha value is -1.02. The summed E-state index contributed by atoms with van der Waals surface area (Å²) in [5, 5.41) is 3.56. The lowest BCUT2D eigenvalue weighted by atomic mass is 9.93. The van der Waals surface area contributed by atoms with Gasteiger partial charge in [0.15, 0.2) is 0 Å². The Bertz CT molecular complexity index is 312. The highest BCUT2D eigenvalue weighted by Crippen LogP contribution is 2.23. The third-order valence-corrected chi connectivity index (χ3v) is 3.28. The molecule has 0 radical (unpaired) electrons. The van der Waals surface area contributed by atoms with E-state index in [2.05, 4.69) is 48.6 Å². The number of hydrogen-bond acceptors (Lipinski definition) is 2. The Kier molecular flexibility index (Phi) is 3.83. The largest absolute Gasteiger partial charge is 0.382 e. The molecule has 0 spiro atoms. The fraction of sp³-hybridized carbons (Fsp3) is 0.571. The summed E-state index contributed by atoms with van der Waals surface area (Å²) in [5.41, 5.74) is 2.70. The number of likely N-dealkylation sites (N-methyl/N-ethyl adjacent to an activating group) is 1. The first-order valence-electron chi connectivity index (χ1n) is 6.24. The van der Waals surface area contributed by atoms with E-state index in [1.807, 2.05) is 0 Å². The van der Waals surface area contributed by atoms with Crippen LogP contribution >= 0.6 is 0 Å². The molecule has 1 N–H and O–H groups in total. The molecule has 1 saturated carbocycles. The maximum absolute atomic E-state index is 3.56. The first-order chi connectivity index (χ1) is 7.74. The molecule has 0 aromatic heterocycles. The minimum Gasteiger partial charge on any atom is -0.382 e. The second-order valence-corrected chi connectivity index (χ2v) is 5.02. The Morgan fingerprint density at radius 2 is 1.88 bits per heavy atom. The zero-order valence-electron chi connectivity index (χ0n) is 10.4. The van der Waals surface area contributed by atoms with Crippen molar-refractivity contribution in [3.8, 4) is 0 Å². The van der Waals surface area contributed by atoms with Crippen molar-refractivity contribution in [2.24, 2.45) is 0 Å². The van der Waals surface area contributed by atoms with Crippen LogP contribution in [0.5, 0.6) is 0 Å². The van der Waals surface area contributed by atoms with Gasteiger partial charge in [-0.1, -0.05) is 12.1 Å². The molecule has 1 fully saturated rings. The van der Waals surface area contributed by atoms with Gasteiger partial charge in [0.1, 0.15) is 0 Å². The molecule has 1 aliphatic rings. The molecule has 0 bridgehead atoms. The number of rotatable bonds is 5. The lowest BCUT2D eigenvalue weighted by Crippen LogP contribution is -2.26.